The molecule has 12 rings (SSSR count). The molecule has 3 heteroatoms. The first-order valence-corrected chi connectivity index (χ1v) is 18.8. The Hall–Kier alpha value is -7.36. The second kappa shape index (κ2) is 11.6. The van der Waals surface area contributed by atoms with E-state index in [0.29, 0.717) is 0 Å². The van der Waals surface area contributed by atoms with Gasteiger partial charge in [-0.15, -0.1) is 0 Å². The summed E-state index contributed by atoms with van der Waals surface area (Å²) in [6, 6.07) is 70.4. The Morgan fingerprint density at radius 2 is 0.836 bits per heavy atom. The van der Waals surface area contributed by atoms with Crippen LogP contribution >= 0.6 is 0 Å². The number of fused-ring (bicyclic) bond motifs is 10. The van der Waals surface area contributed by atoms with Crippen molar-refractivity contribution in [1.82, 2.24) is 9.13 Å². The normalized spacial score (nSPS) is 12.0. The van der Waals surface area contributed by atoms with Gasteiger partial charge in [0.2, 0.25) is 0 Å². The second-order valence-electron chi connectivity index (χ2n) is 14.5. The van der Waals surface area contributed by atoms with Crippen molar-refractivity contribution >= 4 is 76.3 Å². The standard InChI is InChI=1S/C52H32N2O/c1-3-12-33(13-4-1)36-22-25-45-41(29-36)42-30-37(23-26-46(42)53(45)39-16-5-2-6-17-39)38-24-27-47-43(31-38)44-28-34-14-7-8-15-35(34)32-49(44)54(47)48-19-11-21-51-52(48)40-18-9-10-20-50(40)55-51/h1-32H. The number of para-hydroxylation sites is 2. The van der Waals surface area contributed by atoms with E-state index < -0.39 is 0 Å². The Morgan fingerprint density at radius 3 is 1.53 bits per heavy atom. The summed E-state index contributed by atoms with van der Waals surface area (Å²) in [5, 5.41) is 9.64. The van der Waals surface area contributed by atoms with Gasteiger partial charge in [0.1, 0.15) is 11.2 Å². The Balaban J connectivity index is 1.12. The van der Waals surface area contributed by atoms with Gasteiger partial charge >= 0.3 is 0 Å². The first-order chi connectivity index (χ1) is 27.3. The van der Waals surface area contributed by atoms with Crippen molar-refractivity contribution in [3.63, 3.8) is 0 Å². The first kappa shape index (κ1) is 30.1. The molecule has 0 aliphatic rings. The average Bonchev–Trinajstić information content (AvgIpc) is 3.90. The van der Waals surface area contributed by atoms with E-state index in [4.69, 9.17) is 4.42 Å². The van der Waals surface area contributed by atoms with Gasteiger partial charge in [-0.05, 0) is 112 Å². The number of rotatable bonds is 4. The first-order valence-electron chi connectivity index (χ1n) is 18.8. The van der Waals surface area contributed by atoms with Crippen LogP contribution in [0.2, 0.25) is 0 Å². The van der Waals surface area contributed by atoms with E-state index in [-0.39, 0.29) is 0 Å². The van der Waals surface area contributed by atoms with Gasteiger partial charge < -0.3 is 13.6 Å². The van der Waals surface area contributed by atoms with E-state index >= 15 is 0 Å². The molecule has 3 nitrogen and oxygen atoms in total. The highest BCUT2D eigenvalue weighted by molar-refractivity contribution is 6.18. The maximum absolute atomic E-state index is 6.38. The van der Waals surface area contributed by atoms with Crippen molar-refractivity contribution in [2.24, 2.45) is 0 Å². The molecule has 9 aromatic carbocycles. The highest BCUT2D eigenvalue weighted by Gasteiger charge is 2.20. The van der Waals surface area contributed by atoms with Crippen molar-refractivity contribution in [2.45, 2.75) is 0 Å². The summed E-state index contributed by atoms with van der Waals surface area (Å²) < 4.78 is 11.2. The van der Waals surface area contributed by atoms with Gasteiger partial charge in [0.25, 0.3) is 0 Å². The fourth-order valence-electron chi connectivity index (χ4n) is 8.96. The molecule has 0 bridgehead atoms. The third kappa shape index (κ3) is 4.50. The molecule has 0 aliphatic carbocycles. The summed E-state index contributed by atoms with van der Waals surface area (Å²) in [6.45, 7) is 0. The van der Waals surface area contributed by atoms with E-state index in [2.05, 4.69) is 197 Å². The van der Waals surface area contributed by atoms with Gasteiger partial charge in [-0.25, -0.2) is 0 Å². The molecule has 0 amide bonds. The van der Waals surface area contributed by atoms with Crippen LogP contribution in [0, 0.1) is 0 Å². The molecular weight excluding hydrogens is 669 g/mol. The molecule has 55 heavy (non-hydrogen) atoms. The maximum atomic E-state index is 6.38. The fourth-order valence-corrected chi connectivity index (χ4v) is 8.96. The van der Waals surface area contributed by atoms with Crippen LogP contribution in [-0.2, 0) is 0 Å². The smallest absolute Gasteiger partial charge is 0.137 e. The Kier molecular flexibility index (Phi) is 6.34. The minimum absolute atomic E-state index is 0.893. The molecule has 0 aliphatic heterocycles. The van der Waals surface area contributed by atoms with Gasteiger partial charge in [0, 0.05) is 32.6 Å². The number of hydrogen-bond donors (Lipinski definition) is 0. The third-order valence-corrected chi connectivity index (χ3v) is 11.5. The SMILES string of the molecule is c1ccc(-c2ccc3c(c2)c2cc(-c4ccc5c(c4)c4cc6ccccc6cc4n5-c4cccc5oc6ccccc6c45)ccc2n3-c2ccccc2)cc1. The number of nitrogens with zero attached hydrogens (tertiary/aromatic N) is 2. The molecule has 0 saturated carbocycles. The molecule has 0 saturated heterocycles. The molecule has 12 aromatic rings. The lowest BCUT2D eigenvalue weighted by Gasteiger charge is -2.11. The van der Waals surface area contributed by atoms with Crippen LogP contribution in [0.5, 0.6) is 0 Å². The summed E-state index contributed by atoms with van der Waals surface area (Å²) in [4.78, 5) is 0. The molecule has 0 N–H and O–H groups in total. The third-order valence-electron chi connectivity index (χ3n) is 11.5. The molecule has 0 atom stereocenters. The van der Waals surface area contributed by atoms with Crippen LogP contribution in [0.4, 0.5) is 0 Å². The lowest BCUT2D eigenvalue weighted by atomic mass is 9.99. The monoisotopic (exact) mass is 700 g/mol. The van der Waals surface area contributed by atoms with E-state index in [1.165, 1.54) is 76.6 Å². The molecule has 0 fully saturated rings. The van der Waals surface area contributed by atoms with Crippen LogP contribution in [0.15, 0.2) is 199 Å². The minimum Gasteiger partial charge on any atom is -0.456 e. The van der Waals surface area contributed by atoms with Crippen LogP contribution in [-0.4, -0.2) is 9.13 Å². The summed E-state index contributed by atoms with van der Waals surface area (Å²) in [7, 11) is 0. The summed E-state index contributed by atoms with van der Waals surface area (Å²) in [5.41, 5.74) is 13.6. The second-order valence-corrected chi connectivity index (χ2v) is 14.5. The van der Waals surface area contributed by atoms with E-state index in [1.807, 2.05) is 6.07 Å². The number of benzene rings is 9. The van der Waals surface area contributed by atoms with Crippen LogP contribution in [0.25, 0.3) is 110 Å². The molecule has 0 spiro atoms. The molecule has 3 heterocycles. The number of furan rings is 1. The number of aromatic nitrogens is 2. The van der Waals surface area contributed by atoms with E-state index in [0.717, 1.165) is 33.3 Å². The minimum atomic E-state index is 0.893. The van der Waals surface area contributed by atoms with Gasteiger partial charge in [-0.2, -0.15) is 0 Å². The zero-order valence-corrected chi connectivity index (χ0v) is 29.8. The maximum Gasteiger partial charge on any atom is 0.137 e. The van der Waals surface area contributed by atoms with E-state index in [1.54, 1.807) is 0 Å². The Labute approximate surface area is 316 Å². The van der Waals surface area contributed by atoms with Crippen molar-refractivity contribution < 1.29 is 4.42 Å². The predicted octanol–water partition coefficient (Wildman–Crippen LogP) is 14.3. The summed E-state index contributed by atoms with van der Waals surface area (Å²) in [5.74, 6) is 0. The quantitative estimate of drug-likeness (QED) is 0.179. The van der Waals surface area contributed by atoms with E-state index in [9.17, 15) is 0 Å². The summed E-state index contributed by atoms with van der Waals surface area (Å²) >= 11 is 0. The van der Waals surface area contributed by atoms with Gasteiger partial charge in [0.15, 0.2) is 0 Å². The van der Waals surface area contributed by atoms with Crippen LogP contribution in [0.1, 0.15) is 0 Å². The molecule has 3 aromatic heterocycles. The molecule has 0 radical (unpaired) electrons. The van der Waals surface area contributed by atoms with Crippen molar-refractivity contribution in [3.8, 4) is 33.6 Å². The Bertz CT molecular complexity index is 3470. The molecule has 0 unspecified atom stereocenters. The predicted molar refractivity (Wildman–Crippen MR) is 231 cm³/mol. The zero-order chi connectivity index (χ0) is 36.0. The summed E-state index contributed by atoms with van der Waals surface area (Å²) in [6.07, 6.45) is 0. The average molecular weight is 701 g/mol. The van der Waals surface area contributed by atoms with Crippen molar-refractivity contribution in [2.75, 3.05) is 0 Å². The van der Waals surface area contributed by atoms with Crippen LogP contribution < -0.4 is 0 Å². The highest BCUT2D eigenvalue weighted by Crippen LogP contribution is 2.42. The van der Waals surface area contributed by atoms with Gasteiger partial charge in [0.05, 0.1) is 33.1 Å². The van der Waals surface area contributed by atoms with Gasteiger partial charge in [-0.1, -0.05) is 115 Å². The van der Waals surface area contributed by atoms with Gasteiger partial charge in [-0.3, -0.25) is 0 Å². The lowest BCUT2D eigenvalue weighted by molar-refractivity contribution is 0.669. The molecular formula is C52H32N2O. The zero-order valence-electron chi connectivity index (χ0n) is 29.8. The van der Waals surface area contributed by atoms with Crippen molar-refractivity contribution in [1.29, 1.82) is 0 Å². The van der Waals surface area contributed by atoms with Crippen LogP contribution in [0.3, 0.4) is 0 Å². The van der Waals surface area contributed by atoms with Crippen molar-refractivity contribution in [3.05, 3.63) is 194 Å². The largest absolute Gasteiger partial charge is 0.456 e. The molecule has 256 valence electrons. The fraction of sp³-hybridized carbons (Fsp3) is 0. The lowest BCUT2D eigenvalue weighted by Crippen LogP contribution is -1.95. The topological polar surface area (TPSA) is 23.0 Å². The highest BCUT2D eigenvalue weighted by atomic mass is 16.3. The number of hydrogen-bond acceptors (Lipinski definition) is 1. The Morgan fingerprint density at radius 1 is 0.309 bits per heavy atom.